The second-order valence-electron chi connectivity index (χ2n) is 3.73. The van der Waals surface area contributed by atoms with Crippen LogP contribution in [0.4, 0.5) is 0 Å². The van der Waals surface area contributed by atoms with Gasteiger partial charge in [-0.15, -0.1) is 6.58 Å². The van der Waals surface area contributed by atoms with Gasteiger partial charge in [0.25, 0.3) is 0 Å². The lowest BCUT2D eigenvalue weighted by Crippen LogP contribution is -2.40. The van der Waals surface area contributed by atoms with E-state index in [2.05, 4.69) is 6.58 Å². The van der Waals surface area contributed by atoms with E-state index in [0.29, 0.717) is 6.42 Å². The third-order valence-corrected chi connectivity index (χ3v) is 2.35. The second-order valence-corrected chi connectivity index (χ2v) is 3.73. The molecular formula is C10H17NO3. The maximum absolute atomic E-state index is 10.5. The summed E-state index contributed by atoms with van der Waals surface area (Å²) in [4.78, 5) is 10.5. The van der Waals surface area contributed by atoms with E-state index < -0.39 is 5.97 Å². The van der Waals surface area contributed by atoms with E-state index in [4.69, 9.17) is 15.6 Å². The number of rotatable bonds is 4. The molecule has 0 aliphatic carbocycles. The third-order valence-electron chi connectivity index (χ3n) is 2.35. The predicted molar refractivity (Wildman–Crippen MR) is 52.9 cm³/mol. The largest absolute Gasteiger partial charge is 0.481 e. The van der Waals surface area contributed by atoms with Crippen LogP contribution in [0.3, 0.4) is 0 Å². The molecular weight excluding hydrogens is 182 g/mol. The Labute approximate surface area is 83.7 Å². The molecule has 0 radical (unpaired) electrons. The van der Waals surface area contributed by atoms with Crippen molar-refractivity contribution >= 4 is 5.97 Å². The van der Waals surface area contributed by atoms with Gasteiger partial charge >= 0.3 is 5.97 Å². The van der Waals surface area contributed by atoms with Gasteiger partial charge in [0.2, 0.25) is 0 Å². The summed E-state index contributed by atoms with van der Waals surface area (Å²) in [5.74, 6) is -0.832. The van der Waals surface area contributed by atoms with E-state index in [9.17, 15) is 4.79 Å². The average Bonchev–Trinajstić information content (AvgIpc) is 2.01. The number of nitrogens with two attached hydrogens (primary N) is 1. The van der Waals surface area contributed by atoms with Gasteiger partial charge in [0.1, 0.15) is 0 Å². The molecule has 1 saturated heterocycles. The number of hydrogen-bond acceptors (Lipinski definition) is 3. The lowest BCUT2D eigenvalue weighted by Gasteiger charge is -2.32. The standard InChI is InChI=1S/C10H17NO3/c1-2-3-8-4-7(11)5-9(14-8)6-10(12)13/h2,7-9H,1,3-6,11H2,(H,12,13)/t7-,8-,9-/m1/s1. The summed E-state index contributed by atoms with van der Waals surface area (Å²) in [6.07, 6.45) is 3.80. The molecule has 0 bridgehead atoms. The minimum Gasteiger partial charge on any atom is -0.481 e. The van der Waals surface area contributed by atoms with Crippen LogP contribution in [0.25, 0.3) is 0 Å². The minimum atomic E-state index is -0.832. The Morgan fingerprint density at radius 1 is 1.57 bits per heavy atom. The summed E-state index contributed by atoms with van der Waals surface area (Å²) in [7, 11) is 0. The third kappa shape index (κ3) is 3.47. The lowest BCUT2D eigenvalue weighted by molar-refractivity contribution is -0.143. The molecule has 0 amide bonds. The molecule has 1 aliphatic heterocycles. The summed E-state index contributed by atoms with van der Waals surface area (Å²) >= 11 is 0. The van der Waals surface area contributed by atoms with Crippen molar-refractivity contribution in [1.29, 1.82) is 0 Å². The van der Waals surface area contributed by atoms with E-state index in [0.717, 1.165) is 12.8 Å². The zero-order valence-corrected chi connectivity index (χ0v) is 8.19. The van der Waals surface area contributed by atoms with Gasteiger partial charge in [-0.1, -0.05) is 6.08 Å². The lowest BCUT2D eigenvalue weighted by atomic mass is 9.96. The quantitative estimate of drug-likeness (QED) is 0.660. The fourth-order valence-electron chi connectivity index (χ4n) is 1.82. The summed E-state index contributed by atoms with van der Waals surface area (Å²) in [5, 5.41) is 8.63. The molecule has 0 aromatic carbocycles. The van der Waals surface area contributed by atoms with Crippen LogP contribution in [-0.4, -0.2) is 29.3 Å². The Kier molecular flexibility index (Phi) is 4.10. The monoisotopic (exact) mass is 199 g/mol. The smallest absolute Gasteiger partial charge is 0.305 e. The SMILES string of the molecule is C=CC[C@@H]1C[C@@H](N)C[C@H](CC(=O)O)O1. The Bertz CT molecular complexity index is 217. The van der Waals surface area contributed by atoms with Crippen LogP contribution in [0.15, 0.2) is 12.7 Å². The molecule has 1 aliphatic rings. The molecule has 0 spiro atoms. The van der Waals surface area contributed by atoms with Gasteiger partial charge in [0.05, 0.1) is 18.6 Å². The number of aliphatic carboxylic acids is 1. The zero-order valence-electron chi connectivity index (χ0n) is 8.19. The molecule has 0 saturated carbocycles. The van der Waals surface area contributed by atoms with Crippen molar-refractivity contribution in [3.8, 4) is 0 Å². The van der Waals surface area contributed by atoms with Crippen LogP contribution in [0.5, 0.6) is 0 Å². The molecule has 3 N–H and O–H groups in total. The molecule has 1 fully saturated rings. The maximum atomic E-state index is 10.5. The Morgan fingerprint density at radius 3 is 2.79 bits per heavy atom. The van der Waals surface area contributed by atoms with Crippen LogP contribution < -0.4 is 5.73 Å². The highest BCUT2D eigenvalue weighted by molar-refractivity contribution is 5.67. The van der Waals surface area contributed by atoms with Crippen LogP contribution in [0.1, 0.15) is 25.7 Å². The fourth-order valence-corrected chi connectivity index (χ4v) is 1.82. The Balaban J connectivity index is 2.44. The van der Waals surface area contributed by atoms with Crippen LogP contribution in [0.2, 0.25) is 0 Å². The predicted octanol–water partition coefficient (Wildman–Crippen LogP) is 0.912. The Hall–Kier alpha value is -0.870. The molecule has 3 atom stereocenters. The van der Waals surface area contributed by atoms with Gasteiger partial charge in [-0.2, -0.15) is 0 Å². The van der Waals surface area contributed by atoms with Crippen LogP contribution >= 0.6 is 0 Å². The van der Waals surface area contributed by atoms with Gasteiger partial charge in [0.15, 0.2) is 0 Å². The molecule has 0 aromatic heterocycles. The molecule has 4 nitrogen and oxygen atoms in total. The maximum Gasteiger partial charge on any atom is 0.305 e. The van der Waals surface area contributed by atoms with E-state index in [1.807, 2.05) is 0 Å². The topological polar surface area (TPSA) is 72.6 Å². The van der Waals surface area contributed by atoms with E-state index in [1.54, 1.807) is 6.08 Å². The zero-order chi connectivity index (χ0) is 10.6. The summed E-state index contributed by atoms with van der Waals surface area (Å²) in [6, 6.07) is 0.0537. The highest BCUT2D eigenvalue weighted by Gasteiger charge is 2.27. The molecule has 0 unspecified atom stereocenters. The van der Waals surface area contributed by atoms with E-state index in [-0.39, 0.29) is 24.7 Å². The highest BCUT2D eigenvalue weighted by atomic mass is 16.5. The van der Waals surface area contributed by atoms with Gasteiger partial charge in [-0.25, -0.2) is 0 Å². The summed E-state index contributed by atoms with van der Waals surface area (Å²) < 4.78 is 5.58. The van der Waals surface area contributed by atoms with Crippen molar-refractivity contribution < 1.29 is 14.6 Å². The van der Waals surface area contributed by atoms with Gasteiger partial charge < -0.3 is 15.6 Å². The molecule has 0 aromatic rings. The van der Waals surface area contributed by atoms with Gasteiger partial charge in [-0.3, -0.25) is 4.79 Å². The van der Waals surface area contributed by atoms with Crippen molar-refractivity contribution in [1.82, 2.24) is 0 Å². The van der Waals surface area contributed by atoms with Gasteiger partial charge in [0, 0.05) is 6.04 Å². The first-order valence-corrected chi connectivity index (χ1v) is 4.85. The van der Waals surface area contributed by atoms with Crippen LogP contribution in [0, 0.1) is 0 Å². The molecule has 80 valence electrons. The fraction of sp³-hybridized carbons (Fsp3) is 0.700. The number of hydrogen-bond donors (Lipinski definition) is 2. The average molecular weight is 199 g/mol. The molecule has 4 heteroatoms. The van der Waals surface area contributed by atoms with Crippen molar-refractivity contribution in [2.45, 2.75) is 43.9 Å². The number of carboxylic acid groups (broad SMARTS) is 1. The van der Waals surface area contributed by atoms with Crippen molar-refractivity contribution in [2.24, 2.45) is 5.73 Å². The highest BCUT2D eigenvalue weighted by Crippen LogP contribution is 2.22. The first kappa shape index (κ1) is 11.2. The normalized spacial score (nSPS) is 32.5. The van der Waals surface area contributed by atoms with Crippen molar-refractivity contribution in [3.63, 3.8) is 0 Å². The van der Waals surface area contributed by atoms with Crippen molar-refractivity contribution in [2.75, 3.05) is 0 Å². The molecule has 1 rings (SSSR count). The van der Waals surface area contributed by atoms with Gasteiger partial charge in [-0.05, 0) is 19.3 Å². The second kappa shape index (κ2) is 5.12. The van der Waals surface area contributed by atoms with E-state index >= 15 is 0 Å². The summed E-state index contributed by atoms with van der Waals surface area (Å²) in [5.41, 5.74) is 5.81. The first-order valence-electron chi connectivity index (χ1n) is 4.85. The Morgan fingerprint density at radius 2 is 2.21 bits per heavy atom. The van der Waals surface area contributed by atoms with E-state index in [1.165, 1.54) is 0 Å². The minimum absolute atomic E-state index is 0.0422. The molecule has 14 heavy (non-hydrogen) atoms. The van der Waals surface area contributed by atoms with Crippen molar-refractivity contribution in [3.05, 3.63) is 12.7 Å². The summed E-state index contributed by atoms with van der Waals surface area (Å²) in [6.45, 7) is 3.63. The van der Waals surface area contributed by atoms with Crippen LogP contribution in [-0.2, 0) is 9.53 Å². The number of carboxylic acids is 1. The molecule has 1 heterocycles. The number of carbonyl (C=O) groups is 1. The first-order chi connectivity index (χ1) is 6.61. The number of ether oxygens (including phenoxy) is 1.